The molecule has 13 heavy (non-hydrogen) atoms. The van der Waals surface area contributed by atoms with Gasteiger partial charge in [-0.3, -0.25) is 0 Å². The molecule has 0 spiro atoms. The predicted molar refractivity (Wildman–Crippen MR) is 52.2 cm³/mol. The van der Waals surface area contributed by atoms with Crippen molar-refractivity contribution in [3.8, 4) is 0 Å². The lowest BCUT2D eigenvalue weighted by atomic mass is 10.1. The zero-order valence-corrected chi connectivity index (χ0v) is 8.68. The van der Waals surface area contributed by atoms with E-state index in [0.717, 1.165) is 29.5 Å². The van der Waals surface area contributed by atoms with Crippen LogP contribution < -0.4 is 0 Å². The van der Waals surface area contributed by atoms with E-state index in [-0.39, 0.29) is 5.82 Å². The molecule has 1 fully saturated rings. The van der Waals surface area contributed by atoms with Gasteiger partial charge in [-0.1, -0.05) is 15.9 Å². The molecule has 0 bridgehead atoms. The smallest absolute Gasteiger partial charge is 0.126 e. The molecular formula is C10H10BrFO. The van der Waals surface area contributed by atoms with Crippen LogP contribution in [-0.2, 0) is 11.2 Å². The number of epoxide rings is 1. The molecular weight excluding hydrogens is 235 g/mol. The summed E-state index contributed by atoms with van der Waals surface area (Å²) in [5.74, 6) is -0.121. The Labute approximate surface area is 85.0 Å². The molecule has 3 heteroatoms. The van der Waals surface area contributed by atoms with Crippen molar-refractivity contribution < 1.29 is 9.13 Å². The number of benzene rings is 1. The number of hydrogen-bond donors (Lipinski definition) is 0. The van der Waals surface area contributed by atoms with Crippen molar-refractivity contribution in [1.82, 2.24) is 0 Å². The Kier molecular flexibility index (Phi) is 2.65. The molecule has 0 aliphatic carbocycles. The Morgan fingerprint density at radius 1 is 1.54 bits per heavy atom. The van der Waals surface area contributed by atoms with Gasteiger partial charge in [0.2, 0.25) is 0 Å². The standard InChI is InChI=1S/C10H10BrFO/c11-8-2-4-10(12)7(5-8)1-3-9-6-13-9/h2,4-5,9H,1,3,6H2. The summed E-state index contributed by atoms with van der Waals surface area (Å²) in [5.41, 5.74) is 0.768. The molecule has 1 aliphatic heterocycles. The zero-order chi connectivity index (χ0) is 9.26. The lowest BCUT2D eigenvalue weighted by Gasteiger charge is -2.01. The number of halogens is 2. The van der Waals surface area contributed by atoms with Gasteiger partial charge in [-0.2, -0.15) is 0 Å². The molecule has 0 amide bonds. The van der Waals surface area contributed by atoms with Crippen molar-refractivity contribution in [1.29, 1.82) is 0 Å². The predicted octanol–water partition coefficient (Wildman–Crippen LogP) is 2.92. The summed E-state index contributed by atoms with van der Waals surface area (Å²) in [6.07, 6.45) is 2.06. The van der Waals surface area contributed by atoms with Crippen LogP contribution in [0.15, 0.2) is 22.7 Å². The third kappa shape index (κ3) is 2.51. The number of hydrogen-bond acceptors (Lipinski definition) is 1. The van der Waals surface area contributed by atoms with Gasteiger partial charge in [0.15, 0.2) is 0 Å². The summed E-state index contributed by atoms with van der Waals surface area (Å²) in [5, 5.41) is 0. The second kappa shape index (κ2) is 3.76. The van der Waals surface area contributed by atoms with Gasteiger partial charge in [0.1, 0.15) is 5.82 Å². The van der Waals surface area contributed by atoms with Crippen LogP contribution in [0, 0.1) is 5.82 Å². The normalized spacial score (nSPS) is 20.3. The fraction of sp³-hybridized carbons (Fsp3) is 0.400. The molecule has 1 atom stereocenters. The number of ether oxygens (including phenoxy) is 1. The van der Waals surface area contributed by atoms with Crippen LogP contribution in [0.2, 0.25) is 0 Å². The first-order valence-corrected chi connectivity index (χ1v) is 5.10. The second-order valence-corrected chi connectivity index (χ2v) is 4.15. The van der Waals surface area contributed by atoms with E-state index < -0.39 is 0 Å². The highest BCUT2D eigenvalue weighted by Gasteiger charge is 2.22. The van der Waals surface area contributed by atoms with Crippen LogP contribution in [0.5, 0.6) is 0 Å². The first-order valence-electron chi connectivity index (χ1n) is 4.31. The van der Waals surface area contributed by atoms with Crippen molar-refractivity contribution in [3.05, 3.63) is 34.1 Å². The molecule has 1 unspecified atom stereocenters. The minimum atomic E-state index is -0.121. The van der Waals surface area contributed by atoms with E-state index in [9.17, 15) is 4.39 Å². The quantitative estimate of drug-likeness (QED) is 0.746. The number of rotatable bonds is 3. The molecule has 1 aliphatic rings. The van der Waals surface area contributed by atoms with Gasteiger partial charge < -0.3 is 4.74 Å². The first kappa shape index (κ1) is 9.16. The lowest BCUT2D eigenvalue weighted by Crippen LogP contribution is -1.94. The molecule has 0 N–H and O–H groups in total. The average molecular weight is 245 g/mol. The van der Waals surface area contributed by atoms with Crippen molar-refractivity contribution >= 4 is 15.9 Å². The SMILES string of the molecule is Fc1ccc(Br)cc1CCC1CO1. The monoisotopic (exact) mass is 244 g/mol. The summed E-state index contributed by atoms with van der Waals surface area (Å²) < 4.78 is 19.2. The van der Waals surface area contributed by atoms with Crippen LogP contribution in [0.4, 0.5) is 4.39 Å². The Hall–Kier alpha value is -0.410. The van der Waals surface area contributed by atoms with Crippen LogP contribution in [0.25, 0.3) is 0 Å². The largest absolute Gasteiger partial charge is 0.373 e. The molecule has 1 heterocycles. The van der Waals surface area contributed by atoms with Crippen molar-refractivity contribution in [2.75, 3.05) is 6.61 Å². The highest BCUT2D eigenvalue weighted by atomic mass is 79.9. The molecule has 1 saturated heterocycles. The van der Waals surface area contributed by atoms with E-state index in [1.54, 1.807) is 6.07 Å². The summed E-state index contributed by atoms with van der Waals surface area (Å²) in [7, 11) is 0. The summed E-state index contributed by atoms with van der Waals surface area (Å²) in [6.45, 7) is 0.843. The minimum absolute atomic E-state index is 0.121. The Morgan fingerprint density at radius 3 is 3.00 bits per heavy atom. The van der Waals surface area contributed by atoms with Crippen molar-refractivity contribution in [2.24, 2.45) is 0 Å². The maximum Gasteiger partial charge on any atom is 0.126 e. The Bertz CT molecular complexity index is 310. The maximum atomic E-state index is 13.2. The maximum absolute atomic E-state index is 13.2. The van der Waals surface area contributed by atoms with Gasteiger partial charge in [-0.25, -0.2) is 4.39 Å². The van der Waals surface area contributed by atoms with Crippen molar-refractivity contribution in [3.63, 3.8) is 0 Å². The molecule has 1 aromatic rings. The molecule has 70 valence electrons. The molecule has 1 aromatic carbocycles. The van der Waals surface area contributed by atoms with E-state index in [2.05, 4.69) is 15.9 Å². The summed E-state index contributed by atoms with van der Waals surface area (Å²) in [4.78, 5) is 0. The molecule has 0 saturated carbocycles. The molecule has 0 aromatic heterocycles. The molecule has 1 nitrogen and oxygen atoms in total. The summed E-state index contributed by atoms with van der Waals surface area (Å²) in [6, 6.07) is 5.04. The lowest BCUT2D eigenvalue weighted by molar-refractivity contribution is 0.395. The topological polar surface area (TPSA) is 12.5 Å². The van der Waals surface area contributed by atoms with E-state index >= 15 is 0 Å². The fourth-order valence-electron chi connectivity index (χ4n) is 1.29. The fourth-order valence-corrected chi connectivity index (χ4v) is 1.69. The molecule has 0 radical (unpaired) electrons. The summed E-state index contributed by atoms with van der Waals surface area (Å²) >= 11 is 3.32. The highest BCUT2D eigenvalue weighted by molar-refractivity contribution is 9.10. The third-order valence-electron chi connectivity index (χ3n) is 2.15. The number of aryl methyl sites for hydroxylation is 1. The van der Waals surface area contributed by atoms with Gasteiger partial charge in [-0.15, -0.1) is 0 Å². The van der Waals surface area contributed by atoms with E-state index in [1.807, 2.05) is 6.07 Å². The van der Waals surface area contributed by atoms with Crippen LogP contribution >= 0.6 is 15.9 Å². The van der Waals surface area contributed by atoms with Crippen LogP contribution in [0.1, 0.15) is 12.0 Å². The highest BCUT2D eigenvalue weighted by Crippen LogP contribution is 2.21. The average Bonchev–Trinajstić information content (AvgIpc) is 2.90. The van der Waals surface area contributed by atoms with E-state index in [1.165, 1.54) is 6.07 Å². The molecule has 2 rings (SSSR count). The zero-order valence-electron chi connectivity index (χ0n) is 7.09. The minimum Gasteiger partial charge on any atom is -0.373 e. The second-order valence-electron chi connectivity index (χ2n) is 3.23. The van der Waals surface area contributed by atoms with Gasteiger partial charge in [0, 0.05) is 4.47 Å². The first-order chi connectivity index (χ1) is 6.25. The van der Waals surface area contributed by atoms with Gasteiger partial charge in [0.25, 0.3) is 0 Å². The van der Waals surface area contributed by atoms with Gasteiger partial charge >= 0.3 is 0 Å². The van der Waals surface area contributed by atoms with Gasteiger partial charge in [-0.05, 0) is 36.6 Å². The Morgan fingerprint density at radius 2 is 2.31 bits per heavy atom. The van der Waals surface area contributed by atoms with Crippen molar-refractivity contribution in [2.45, 2.75) is 18.9 Å². The third-order valence-corrected chi connectivity index (χ3v) is 2.64. The van der Waals surface area contributed by atoms with Gasteiger partial charge in [0.05, 0.1) is 12.7 Å². The Balaban J connectivity index is 2.03. The van der Waals surface area contributed by atoms with Crippen LogP contribution in [0.3, 0.4) is 0 Å². The van der Waals surface area contributed by atoms with E-state index in [4.69, 9.17) is 4.74 Å². The van der Waals surface area contributed by atoms with Crippen LogP contribution in [-0.4, -0.2) is 12.7 Å². The van der Waals surface area contributed by atoms with E-state index in [0.29, 0.717) is 6.10 Å².